The van der Waals surface area contributed by atoms with E-state index >= 15 is 0 Å². The van der Waals surface area contributed by atoms with Crippen molar-refractivity contribution in [3.05, 3.63) is 27.8 Å². The number of anilines is 1. The smallest absolute Gasteiger partial charge is 0.191 e. The van der Waals surface area contributed by atoms with Crippen LogP contribution in [0.2, 0.25) is 0 Å². The van der Waals surface area contributed by atoms with Crippen molar-refractivity contribution in [3.63, 3.8) is 0 Å². The van der Waals surface area contributed by atoms with Crippen LogP contribution in [0, 0.1) is 3.57 Å². The summed E-state index contributed by atoms with van der Waals surface area (Å²) in [4.78, 5) is 10.7. The average molecular weight is 323 g/mol. The Morgan fingerprint density at radius 2 is 2.00 bits per heavy atom. The molecule has 1 rings (SSSR count). The first kappa shape index (κ1) is 11.5. The summed E-state index contributed by atoms with van der Waals surface area (Å²) in [6.07, 6.45) is 0. The predicted molar refractivity (Wildman–Crippen MR) is 66.8 cm³/mol. The number of hydrogen-bond acceptors (Lipinski definition) is 3. The van der Waals surface area contributed by atoms with Crippen LogP contribution in [-0.4, -0.2) is 11.0 Å². The van der Waals surface area contributed by atoms with E-state index in [9.17, 15) is 4.79 Å². The number of benzene rings is 1. The molecule has 0 saturated carbocycles. The number of hydrazone groups is 1. The highest BCUT2D eigenvalue weighted by atomic mass is 127. The van der Waals surface area contributed by atoms with Gasteiger partial charge in [-0.3, -0.25) is 10.2 Å². The zero-order valence-corrected chi connectivity index (χ0v) is 10.3. The van der Waals surface area contributed by atoms with Crippen molar-refractivity contribution in [3.8, 4) is 0 Å². The van der Waals surface area contributed by atoms with Crippen LogP contribution >= 0.6 is 34.2 Å². The fourth-order valence-corrected chi connectivity index (χ4v) is 1.12. The molecule has 3 nitrogen and oxygen atoms in total. The molecule has 0 spiro atoms. The highest BCUT2D eigenvalue weighted by molar-refractivity contribution is 14.1. The van der Waals surface area contributed by atoms with Crippen molar-refractivity contribution in [1.29, 1.82) is 0 Å². The van der Waals surface area contributed by atoms with Crippen molar-refractivity contribution in [2.24, 2.45) is 5.10 Å². The van der Waals surface area contributed by atoms with Gasteiger partial charge < -0.3 is 0 Å². The lowest BCUT2D eigenvalue weighted by molar-refractivity contribution is -0.110. The minimum absolute atomic E-state index is 0.0523. The van der Waals surface area contributed by atoms with E-state index in [4.69, 9.17) is 11.6 Å². The molecule has 74 valence electrons. The molecule has 0 heterocycles. The van der Waals surface area contributed by atoms with Gasteiger partial charge in [0.25, 0.3) is 0 Å². The second kappa shape index (κ2) is 5.31. The molecule has 0 aliphatic rings. The minimum Gasteiger partial charge on any atom is -0.292 e. The van der Waals surface area contributed by atoms with Crippen molar-refractivity contribution in [1.82, 2.24) is 0 Å². The van der Waals surface area contributed by atoms with E-state index in [0.717, 1.165) is 9.26 Å². The Labute approximate surface area is 101 Å². The molecule has 0 radical (unpaired) electrons. The van der Waals surface area contributed by atoms with E-state index in [1.54, 1.807) is 0 Å². The zero-order valence-electron chi connectivity index (χ0n) is 7.42. The number of nitrogens with zero attached hydrogens (tertiary/aromatic N) is 1. The van der Waals surface area contributed by atoms with Crippen LogP contribution in [0.1, 0.15) is 6.92 Å². The molecule has 14 heavy (non-hydrogen) atoms. The number of carbonyl (C=O) groups excluding carboxylic acids is 1. The maximum absolute atomic E-state index is 10.7. The lowest BCUT2D eigenvalue weighted by Crippen LogP contribution is -2.04. The first-order valence-electron chi connectivity index (χ1n) is 3.85. The third-order valence-corrected chi connectivity index (χ3v) is 2.49. The highest BCUT2D eigenvalue weighted by Crippen LogP contribution is 2.11. The lowest BCUT2D eigenvalue weighted by atomic mass is 10.3. The van der Waals surface area contributed by atoms with Gasteiger partial charge in [-0.25, -0.2) is 0 Å². The van der Waals surface area contributed by atoms with E-state index < -0.39 is 0 Å². The Hall–Kier alpha value is -0.620. The normalized spacial score (nSPS) is 11.2. The van der Waals surface area contributed by atoms with E-state index in [1.165, 1.54) is 6.92 Å². The number of halogens is 2. The molecule has 0 fully saturated rings. The third-order valence-electron chi connectivity index (χ3n) is 1.42. The molecule has 0 unspecified atom stereocenters. The summed E-state index contributed by atoms with van der Waals surface area (Å²) in [6, 6.07) is 7.57. The quantitative estimate of drug-likeness (QED) is 0.528. The van der Waals surface area contributed by atoms with Crippen molar-refractivity contribution >= 4 is 50.8 Å². The van der Waals surface area contributed by atoms with Crippen LogP contribution in [0.15, 0.2) is 29.4 Å². The summed E-state index contributed by atoms with van der Waals surface area (Å²) in [5, 5.41) is 3.65. The number of nitrogens with one attached hydrogen (secondary N) is 1. The van der Waals surface area contributed by atoms with E-state index in [-0.39, 0.29) is 11.0 Å². The van der Waals surface area contributed by atoms with E-state index in [0.29, 0.717) is 0 Å². The topological polar surface area (TPSA) is 41.5 Å². The average Bonchev–Trinajstić information content (AvgIpc) is 2.16. The predicted octanol–water partition coefficient (Wildman–Crippen LogP) is 2.84. The number of hydrogen-bond donors (Lipinski definition) is 1. The fraction of sp³-hybridized carbons (Fsp3) is 0.111. The third kappa shape index (κ3) is 3.63. The van der Waals surface area contributed by atoms with Crippen LogP contribution in [0.5, 0.6) is 0 Å². The molecular formula is C9H8ClIN2O. The second-order valence-electron chi connectivity index (χ2n) is 2.58. The first-order valence-corrected chi connectivity index (χ1v) is 5.31. The van der Waals surface area contributed by atoms with Crippen molar-refractivity contribution in [2.45, 2.75) is 6.92 Å². The summed E-state index contributed by atoms with van der Waals surface area (Å²) in [5.41, 5.74) is 3.48. The molecule has 0 atom stereocenters. The van der Waals surface area contributed by atoms with Gasteiger partial charge in [0.1, 0.15) is 0 Å². The summed E-state index contributed by atoms with van der Waals surface area (Å²) < 4.78 is 1.13. The van der Waals surface area contributed by atoms with Crippen molar-refractivity contribution < 1.29 is 4.79 Å². The van der Waals surface area contributed by atoms with Crippen LogP contribution in [0.4, 0.5) is 5.69 Å². The maximum atomic E-state index is 10.7. The van der Waals surface area contributed by atoms with Gasteiger partial charge in [-0.15, -0.1) is 0 Å². The Morgan fingerprint density at radius 1 is 1.43 bits per heavy atom. The molecule has 1 aromatic rings. The summed E-state index contributed by atoms with van der Waals surface area (Å²) in [7, 11) is 0. The lowest BCUT2D eigenvalue weighted by Gasteiger charge is -1.99. The molecule has 0 amide bonds. The minimum atomic E-state index is -0.260. The molecular weight excluding hydrogens is 314 g/mol. The molecule has 0 aromatic heterocycles. The maximum Gasteiger partial charge on any atom is 0.191 e. The summed E-state index contributed by atoms with van der Waals surface area (Å²) in [5.74, 6) is -0.260. The SMILES string of the molecule is CC(=O)/C(Cl)=N/Nc1ccc(I)cc1. The van der Waals surface area contributed by atoms with E-state index in [2.05, 4.69) is 33.1 Å². The summed E-state index contributed by atoms with van der Waals surface area (Å²) in [6.45, 7) is 1.36. The van der Waals surface area contributed by atoms with Crippen LogP contribution in [-0.2, 0) is 4.79 Å². The largest absolute Gasteiger partial charge is 0.292 e. The van der Waals surface area contributed by atoms with Gasteiger partial charge in [0, 0.05) is 10.5 Å². The Morgan fingerprint density at radius 3 is 2.50 bits per heavy atom. The van der Waals surface area contributed by atoms with Crippen LogP contribution < -0.4 is 5.43 Å². The Bertz CT molecular complexity index is 362. The van der Waals surface area contributed by atoms with Gasteiger partial charge in [0.2, 0.25) is 0 Å². The molecule has 0 saturated heterocycles. The Balaban J connectivity index is 2.66. The molecule has 0 bridgehead atoms. The fourth-order valence-electron chi connectivity index (χ4n) is 0.717. The monoisotopic (exact) mass is 322 g/mol. The first-order chi connectivity index (χ1) is 6.59. The highest BCUT2D eigenvalue weighted by Gasteiger charge is 1.99. The van der Waals surface area contributed by atoms with Gasteiger partial charge in [-0.05, 0) is 46.9 Å². The molecule has 1 aromatic carbocycles. The summed E-state index contributed by atoms with van der Waals surface area (Å²) >= 11 is 7.74. The van der Waals surface area contributed by atoms with Crippen LogP contribution in [0.25, 0.3) is 0 Å². The van der Waals surface area contributed by atoms with Gasteiger partial charge in [-0.1, -0.05) is 11.6 Å². The molecule has 0 aliphatic carbocycles. The van der Waals surface area contributed by atoms with E-state index in [1.807, 2.05) is 24.3 Å². The van der Waals surface area contributed by atoms with Gasteiger partial charge in [0.05, 0.1) is 5.69 Å². The van der Waals surface area contributed by atoms with Crippen LogP contribution in [0.3, 0.4) is 0 Å². The second-order valence-corrected chi connectivity index (χ2v) is 4.18. The van der Waals surface area contributed by atoms with Gasteiger partial charge >= 0.3 is 0 Å². The van der Waals surface area contributed by atoms with Crippen molar-refractivity contribution in [2.75, 3.05) is 5.43 Å². The Kier molecular flexibility index (Phi) is 4.34. The van der Waals surface area contributed by atoms with Gasteiger partial charge in [0.15, 0.2) is 11.0 Å². The van der Waals surface area contributed by atoms with Gasteiger partial charge in [-0.2, -0.15) is 5.10 Å². The number of rotatable bonds is 3. The zero-order chi connectivity index (χ0) is 10.6. The number of Topliss-reactive ketones (excluding diaryl/α,β-unsaturated/α-hetero) is 1. The number of carbonyl (C=O) groups is 1. The standard InChI is InChI=1S/C9H8ClIN2O/c1-6(14)9(10)13-12-8-4-2-7(11)3-5-8/h2-5,12H,1H3/b13-9-. The molecule has 5 heteroatoms. The number of ketones is 1. The molecule has 1 N–H and O–H groups in total. The molecule has 0 aliphatic heterocycles.